The lowest BCUT2D eigenvalue weighted by molar-refractivity contribution is 0.471. The largest absolute Gasteiger partial charge is 0.452 e. The number of rotatable bonds is 4. The summed E-state index contributed by atoms with van der Waals surface area (Å²) in [4.78, 5) is 0.121. The molecule has 1 unspecified atom stereocenters. The molecule has 108 valence electrons. The van der Waals surface area contributed by atoms with Crippen LogP contribution in [-0.4, -0.2) is 8.42 Å². The molecule has 0 amide bonds. The van der Waals surface area contributed by atoms with Crippen molar-refractivity contribution in [1.82, 2.24) is 0 Å². The minimum Gasteiger partial charge on any atom is -0.452 e. The third kappa shape index (κ3) is 3.41. The smallest absolute Gasteiger partial charge is 0.238 e. The van der Waals surface area contributed by atoms with Crippen LogP contribution in [0.5, 0.6) is 0 Å². The van der Waals surface area contributed by atoms with Crippen LogP contribution in [0.2, 0.25) is 0 Å². The molecule has 5 nitrogen and oxygen atoms in total. The van der Waals surface area contributed by atoms with Crippen molar-refractivity contribution in [2.75, 3.05) is 5.32 Å². The van der Waals surface area contributed by atoms with Gasteiger partial charge in [0.1, 0.15) is 5.76 Å². The number of furan rings is 1. The number of aryl methyl sites for hydroxylation is 1. The molecule has 2 rings (SSSR count). The summed E-state index contributed by atoms with van der Waals surface area (Å²) in [5.74, 6) is 0.745. The Kier molecular flexibility index (Phi) is 4.22. The standard InChI is InChI=1S/C13H15BrN2O3S/c1-8-3-4-10(7-12(8)20(15,17)18)16-9(2)11-5-6-13(14)19-11/h3-7,9,16H,1-2H3,(H2,15,17,18). The Labute approximate surface area is 126 Å². The molecule has 0 radical (unpaired) electrons. The molecule has 20 heavy (non-hydrogen) atoms. The summed E-state index contributed by atoms with van der Waals surface area (Å²) in [6.07, 6.45) is 0. The summed E-state index contributed by atoms with van der Waals surface area (Å²) < 4.78 is 29.1. The first-order chi connectivity index (χ1) is 9.27. The fourth-order valence-corrected chi connectivity index (χ4v) is 3.01. The van der Waals surface area contributed by atoms with E-state index in [9.17, 15) is 8.42 Å². The second-order valence-corrected chi connectivity index (χ2v) is 6.84. The summed E-state index contributed by atoms with van der Waals surface area (Å²) in [5.41, 5.74) is 1.28. The van der Waals surface area contributed by atoms with Gasteiger partial charge in [0.05, 0.1) is 10.9 Å². The fraction of sp³-hybridized carbons (Fsp3) is 0.231. The van der Waals surface area contributed by atoms with Crippen LogP contribution in [0.3, 0.4) is 0 Å². The van der Waals surface area contributed by atoms with E-state index in [1.165, 1.54) is 6.07 Å². The van der Waals surface area contributed by atoms with Gasteiger partial charge in [-0.3, -0.25) is 0 Å². The zero-order valence-corrected chi connectivity index (χ0v) is 13.5. The van der Waals surface area contributed by atoms with Gasteiger partial charge in [-0.05, 0) is 59.6 Å². The quantitative estimate of drug-likeness (QED) is 0.878. The van der Waals surface area contributed by atoms with Crippen molar-refractivity contribution < 1.29 is 12.8 Å². The summed E-state index contributed by atoms with van der Waals surface area (Å²) in [5, 5.41) is 8.37. The number of hydrogen-bond acceptors (Lipinski definition) is 4. The van der Waals surface area contributed by atoms with Gasteiger partial charge in [0.25, 0.3) is 0 Å². The predicted octanol–water partition coefficient (Wildman–Crippen LogP) is 3.17. The molecule has 0 aliphatic carbocycles. The van der Waals surface area contributed by atoms with Gasteiger partial charge in [-0.1, -0.05) is 6.07 Å². The summed E-state index contributed by atoms with van der Waals surface area (Å²) in [6, 6.07) is 8.59. The Morgan fingerprint density at radius 1 is 1.30 bits per heavy atom. The first-order valence-corrected chi connectivity index (χ1v) is 8.26. The van der Waals surface area contributed by atoms with Gasteiger partial charge < -0.3 is 9.73 Å². The second-order valence-electron chi connectivity index (χ2n) is 4.53. The second kappa shape index (κ2) is 5.59. The number of sulfonamides is 1. The molecule has 0 spiro atoms. The number of nitrogens with one attached hydrogen (secondary N) is 1. The lowest BCUT2D eigenvalue weighted by atomic mass is 10.2. The molecule has 2 aromatic rings. The topological polar surface area (TPSA) is 85.3 Å². The van der Waals surface area contributed by atoms with Crippen LogP contribution < -0.4 is 10.5 Å². The number of primary sulfonamides is 1. The zero-order chi connectivity index (χ0) is 14.9. The SMILES string of the molecule is Cc1ccc(NC(C)c2ccc(Br)o2)cc1S(N)(=O)=O. The van der Waals surface area contributed by atoms with Crippen molar-refractivity contribution in [1.29, 1.82) is 0 Å². The number of anilines is 1. The number of nitrogens with two attached hydrogens (primary N) is 1. The van der Waals surface area contributed by atoms with E-state index in [0.717, 1.165) is 5.76 Å². The third-order valence-electron chi connectivity index (χ3n) is 2.90. The predicted molar refractivity (Wildman–Crippen MR) is 81.0 cm³/mol. The first-order valence-electron chi connectivity index (χ1n) is 5.92. The van der Waals surface area contributed by atoms with Crippen molar-refractivity contribution in [2.45, 2.75) is 24.8 Å². The van der Waals surface area contributed by atoms with Gasteiger partial charge in [-0.2, -0.15) is 0 Å². The maximum absolute atomic E-state index is 11.5. The summed E-state index contributed by atoms with van der Waals surface area (Å²) in [7, 11) is -3.72. The molecule has 0 fully saturated rings. The molecule has 3 N–H and O–H groups in total. The first kappa shape index (κ1) is 15.1. The molecule has 1 heterocycles. The van der Waals surface area contributed by atoms with Crippen molar-refractivity contribution in [3.05, 3.63) is 46.3 Å². The van der Waals surface area contributed by atoms with E-state index in [-0.39, 0.29) is 10.9 Å². The van der Waals surface area contributed by atoms with Crippen LogP contribution in [-0.2, 0) is 10.0 Å². The van der Waals surface area contributed by atoms with Gasteiger partial charge in [0.15, 0.2) is 4.67 Å². The molecule has 0 saturated heterocycles. The highest BCUT2D eigenvalue weighted by atomic mass is 79.9. The molecule has 0 aliphatic rings. The van der Waals surface area contributed by atoms with E-state index >= 15 is 0 Å². The van der Waals surface area contributed by atoms with Gasteiger partial charge in [0, 0.05) is 5.69 Å². The van der Waals surface area contributed by atoms with Crippen LogP contribution in [0, 0.1) is 6.92 Å². The molecule has 1 aromatic heterocycles. The number of halogens is 1. The zero-order valence-electron chi connectivity index (χ0n) is 11.1. The van der Waals surface area contributed by atoms with Crippen LogP contribution >= 0.6 is 15.9 Å². The van der Waals surface area contributed by atoms with E-state index in [0.29, 0.717) is 15.9 Å². The third-order valence-corrected chi connectivity index (χ3v) is 4.38. The van der Waals surface area contributed by atoms with E-state index in [4.69, 9.17) is 9.56 Å². The van der Waals surface area contributed by atoms with Crippen molar-refractivity contribution in [2.24, 2.45) is 5.14 Å². The minimum atomic E-state index is -3.72. The molecule has 1 atom stereocenters. The van der Waals surface area contributed by atoms with E-state index in [1.54, 1.807) is 25.1 Å². The van der Waals surface area contributed by atoms with Crippen molar-refractivity contribution in [3.8, 4) is 0 Å². The summed E-state index contributed by atoms with van der Waals surface area (Å²) in [6.45, 7) is 3.62. The molecular formula is C13H15BrN2O3S. The number of benzene rings is 1. The molecule has 0 saturated carbocycles. The van der Waals surface area contributed by atoms with Crippen LogP contribution in [0.25, 0.3) is 0 Å². The summed E-state index contributed by atoms with van der Waals surface area (Å²) >= 11 is 3.24. The van der Waals surface area contributed by atoms with Gasteiger partial charge in [-0.25, -0.2) is 13.6 Å². The van der Waals surface area contributed by atoms with E-state index in [1.807, 2.05) is 13.0 Å². The van der Waals surface area contributed by atoms with Crippen LogP contribution in [0.1, 0.15) is 24.3 Å². The van der Waals surface area contributed by atoms with Crippen molar-refractivity contribution >= 4 is 31.6 Å². The molecule has 1 aromatic carbocycles. The average Bonchev–Trinajstić information content (AvgIpc) is 2.77. The highest BCUT2D eigenvalue weighted by Crippen LogP contribution is 2.25. The fourth-order valence-electron chi connectivity index (χ4n) is 1.88. The van der Waals surface area contributed by atoms with Crippen LogP contribution in [0.4, 0.5) is 5.69 Å². The maximum atomic E-state index is 11.5. The van der Waals surface area contributed by atoms with Crippen molar-refractivity contribution in [3.63, 3.8) is 0 Å². The molecule has 0 bridgehead atoms. The molecule has 7 heteroatoms. The van der Waals surface area contributed by atoms with E-state index < -0.39 is 10.0 Å². The minimum absolute atomic E-state index is 0.0997. The Bertz CT molecular complexity index is 725. The van der Waals surface area contributed by atoms with Crippen LogP contribution in [0.15, 0.2) is 44.3 Å². The maximum Gasteiger partial charge on any atom is 0.238 e. The number of hydrogen-bond donors (Lipinski definition) is 2. The monoisotopic (exact) mass is 358 g/mol. The highest BCUT2D eigenvalue weighted by molar-refractivity contribution is 9.10. The van der Waals surface area contributed by atoms with Gasteiger partial charge in [0.2, 0.25) is 10.0 Å². The highest BCUT2D eigenvalue weighted by Gasteiger charge is 2.14. The van der Waals surface area contributed by atoms with Gasteiger partial charge >= 0.3 is 0 Å². The Hall–Kier alpha value is -1.31. The lowest BCUT2D eigenvalue weighted by Crippen LogP contribution is -2.14. The Morgan fingerprint density at radius 3 is 2.55 bits per heavy atom. The Morgan fingerprint density at radius 2 is 2.00 bits per heavy atom. The average molecular weight is 359 g/mol. The van der Waals surface area contributed by atoms with E-state index in [2.05, 4.69) is 21.2 Å². The normalized spacial score (nSPS) is 13.2. The van der Waals surface area contributed by atoms with Gasteiger partial charge in [-0.15, -0.1) is 0 Å². The molecular weight excluding hydrogens is 344 g/mol. The molecule has 0 aliphatic heterocycles. The lowest BCUT2D eigenvalue weighted by Gasteiger charge is -2.14. The Balaban J connectivity index is 2.26.